The minimum atomic E-state index is -0.526. The van der Waals surface area contributed by atoms with Crippen molar-refractivity contribution in [2.45, 2.75) is 6.92 Å². The van der Waals surface area contributed by atoms with Crippen LogP contribution in [0.25, 0.3) is 15.8 Å². The first-order valence-corrected chi connectivity index (χ1v) is 8.39. The number of thiophene rings is 1. The number of amides is 1. The van der Waals surface area contributed by atoms with Crippen molar-refractivity contribution in [2.75, 3.05) is 5.32 Å². The molecule has 0 fully saturated rings. The zero-order chi connectivity index (χ0) is 18.3. The molecule has 0 aliphatic carbocycles. The second kappa shape index (κ2) is 6.26. The first-order valence-electron chi connectivity index (χ1n) is 7.57. The topological polar surface area (TPSA) is 72.7 Å². The number of aromatic nitrogens is 4. The van der Waals surface area contributed by atoms with Gasteiger partial charge in [-0.25, -0.2) is 8.78 Å². The molecule has 2 aromatic heterocycles. The summed E-state index contributed by atoms with van der Waals surface area (Å²) in [5.74, 6) is -0.901. The summed E-state index contributed by atoms with van der Waals surface area (Å²) in [7, 11) is 0. The highest BCUT2D eigenvalue weighted by atomic mass is 32.1. The van der Waals surface area contributed by atoms with Gasteiger partial charge in [-0.15, -0.1) is 16.4 Å². The Balaban J connectivity index is 1.65. The molecule has 1 amide bonds. The summed E-state index contributed by atoms with van der Waals surface area (Å²) in [6.45, 7) is 1.64. The minimum absolute atomic E-state index is 0.118. The number of nitrogens with one attached hydrogen (secondary N) is 1. The summed E-state index contributed by atoms with van der Waals surface area (Å²) in [6, 6.07) is 10.3. The maximum Gasteiger partial charge on any atom is 0.265 e. The molecule has 0 unspecified atom stereocenters. The van der Waals surface area contributed by atoms with Gasteiger partial charge >= 0.3 is 0 Å². The number of aryl methyl sites for hydroxylation is 1. The molecule has 0 radical (unpaired) electrons. The lowest BCUT2D eigenvalue weighted by Crippen LogP contribution is -2.11. The van der Waals surface area contributed by atoms with Crippen molar-refractivity contribution in [1.29, 1.82) is 0 Å². The highest BCUT2D eigenvalue weighted by molar-refractivity contribution is 7.20. The van der Waals surface area contributed by atoms with Crippen molar-refractivity contribution in [3.63, 3.8) is 0 Å². The Labute approximate surface area is 150 Å². The lowest BCUT2D eigenvalue weighted by atomic mass is 10.2. The van der Waals surface area contributed by atoms with Crippen LogP contribution in [0.5, 0.6) is 0 Å². The van der Waals surface area contributed by atoms with E-state index in [9.17, 15) is 13.6 Å². The average Bonchev–Trinajstić information content (AvgIpc) is 3.24. The molecule has 4 rings (SSSR count). The van der Waals surface area contributed by atoms with Gasteiger partial charge in [0.1, 0.15) is 17.3 Å². The Morgan fingerprint density at radius 2 is 2.00 bits per heavy atom. The van der Waals surface area contributed by atoms with Gasteiger partial charge < -0.3 is 5.32 Å². The average molecular weight is 371 g/mol. The Hall–Kier alpha value is -3.20. The van der Waals surface area contributed by atoms with Gasteiger partial charge in [0.05, 0.1) is 4.88 Å². The molecular formula is C17H11F2N5OS. The monoisotopic (exact) mass is 371 g/mol. The normalized spacial score (nSPS) is 11.0. The SMILES string of the molecule is Cc1nnnn1-c1cc(NC(=O)c2cc3c(F)cccc3s2)ccc1F. The van der Waals surface area contributed by atoms with Gasteiger partial charge in [-0.3, -0.25) is 4.79 Å². The number of nitrogens with zero attached hydrogens (tertiary/aromatic N) is 4. The van der Waals surface area contributed by atoms with Crippen molar-refractivity contribution >= 4 is 33.0 Å². The molecule has 0 saturated carbocycles. The number of benzene rings is 2. The lowest BCUT2D eigenvalue weighted by Gasteiger charge is -2.08. The van der Waals surface area contributed by atoms with Crippen LogP contribution in [-0.4, -0.2) is 26.1 Å². The number of fused-ring (bicyclic) bond motifs is 1. The lowest BCUT2D eigenvalue weighted by molar-refractivity contribution is 0.103. The number of tetrazole rings is 1. The number of hydrogen-bond acceptors (Lipinski definition) is 5. The van der Waals surface area contributed by atoms with Crippen LogP contribution in [0.1, 0.15) is 15.5 Å². The number of rotatable bonds is 3. The first kappa shape index (κ1) is 16.3. The van der Waals surface area contributed by atoms with E-state index >= 15 is 0 Å². The largest absolute Gasteiger partial charge is 0.321 e. The highest BCUT2D eigenvalue weighted by Gasteiger charge is 2.15. The van der Waals surface area contributed by atoms with Gasteiger partial charge in [0.2, 0.25) is 0 Å². The summed E-state index contributed by atoms with van der Waals surface area (Å²) in [5, 5.41) is 14.0. The number of carbonyl (C=O) groups excluding carboxylic acids is 1. The van der Waals surface area contributed by atoms with Crippen LogP contribution in [-0.2, 0) is 0 Å². The third kappa shape index (κ3) is 2.82. The van der Waals surface area contributed by atoms with Crippen molar-refractivity contribution in [3.8, 4) is 5.69 Å². The summed E-state index contributed by atoms with van der Waals surface area (Å²) < 4.78 is 29.8. The Morgan fingerprint density at radius 3 is 2.73 bits per heavy atom. The van der Waals surface area contributed by atoms with Crippen molar-refractivity contribution in [1.82, 2.24) is 20.2 Å². The van der Waals surface area contributed by atoms with Crippen molar-refractivity contribution in [3.05, 3.63) is 64.8 Å². The van der Waals surface area contributed by atoms with E-state index in [1.807, 2.05) is 0 Å². The van der Waals surface area contributed by atoms with Crippen molar-refractivity contribution < 1.29 is 13.6 Å². The quantitative estimate of drug-likeness (QED) is 0.596. The van der Waals surface area contributed by atoms with Gasteiger partial charge in [-0.2, -0.15) is 4.68 Å². The van der Waals surface area contributed by atoms with E-state index in [1.165, 1.54) is 46.4 Å². The Bertz CT molecular complexity index is 1140. The second-order valence-corrected chi connectivity index (χ2v) is 6.60. The number of hydrogen-bond donors (Lipinski definition) is 1. The summed E-state index contributed by atoms with van der Waals surface area (Å²) in [6.07, 6.45) is 0. The molecular weight excluding hydrogens is 360 g/mol. The van der Waals surface area contributed by atoms with E-state index in [0.717, 1.165) is 0 Å². The molecule has 130 valence electrons. The molecule has 2 heterocycles. The zero-order valence-electron chi connectivity index (χ0n) is 13.4. The maximum atomic E-state index is 14.1. The van der Waals surface area contributed by atoms with E-state index in [1.54, 1.807) is 19.1 Å². The first-order chi connectivity index (χ1) is 12.5. The van der Waals surface area contributed by atoms with Crippen LogP contribution in [0.3, 0.4) is 0 Å². The van der Waals surface area contributed by atoms with Gasteiger partial charge in [-0.1, -0.05) is 6.07 Å². The standard InChI is InChI=1S/C17H11F2N5OS/c1-9-21-22-23-24(9)14-7-10(5-6-13(14)19)20-17(25)16-8-11-12(18)3-2-4-15(11)26-16/h2-8H,1H3,(H,20,25). The molecule has 2 aromatic carbocycles. The summed E-state index contributed by atoms with van der Waals surface area (Å²) >= 11 is 1.18. The van der Waals surface area contributed by atoms with Crippen LogP contribution in [0.15, 0.2) is 42.5 Å². The molecule has 26 heavy (non-hydrogen) atoms. The predicted octanol–water partition coefficient (Wildman–Crippen LogP) is 3.72. The van der Waals surface area contributed by atoms with Crippen LogP contribution in [0.2, 0.25) is 0 Å². The number of carbonyl (C=O) groups is 1. The van der Waals surface area contributed by atoms with E-state index in [2.05, 4.69) is 20.8 Å². The zero-order valence-corrected chi connectivity index (χ0v) is 14.2. The molecule has 1 N–H and O–H groups in total. The smallest absolute Gasteiger partial charge is 0.265 e. The van der Waals surface area contributed by atoms with Crippen LogP contribution in [0.4, 0.5) is 14.5 Å². The minimum Gasteiger partial charge on any atom is -0.321 e. The molecule has 0 aliphatic heterocycles. The molecule has 0 spiro atoms. The summed E-state index contributed by atoms with van der Waals surface area (Å²) in [4.78, 5) is 12.8. The molecule has 0 saturated heterocycles. The third-order valence-corrected chi connectivity index (χ3v) is 4.89. The predicted molar refractivity (Wildman–Crippen MR) is 93.6 cm³/mol. The molecule has 9 heteroatoms. The van der Waals surface area contributed by atoms with Crippen LogP contribution in [0, 0.1) is 18.6 Å². The Morgan fingerprint density at radius 1 is 1.15 bits per heavy atom. The number of anilines is 1. The van der Waals surface area contributed by atoms with Crippen molar-refractivity contribution in [2.24, 2.45) is 0 Å². The van der Waals surface area contributed by atoms with Gasteiger partial charge in [0, 0.05) is 15.8 Å². The molecule has 6 nitrogen and oxygen atoms in total. The number of halogens is 2. The Kier molecular flexibility index (Phi) is 3.92. The molecule has 0 bridgehead atoms. The maximum absolute atomic E-state index is 14.1. The molecule has 0 atom stereocenters. The van der Waals surface area contributed by atoms with E-state index in [0.29, 0.717) is 26.5 Å². The van der Waals surface area contributed by atoms with E-state index < -0.39 is 11.7 Å². The van der Waals surface area contributed by atoms with Gasteiger partial charge in [0.25, 0.3) is 5.91 Å². The summed E-state index contributed by atoms with van der Waals surface area (Å²) in [5.41, 5.74) is 0.493. The van der Waals surface area contributed by atoms with Gasteiger partial charge in [-0.05, 0) is 53.7 Å². The fourth-order valence-electron chi connectivity index (χ4n) is 2.54. The molecule has 0 aliphatic rings. The van der Waals surface area contributed by atoms with Crippen LogP contribution >= 0.6 is 11.3 Å². The molecule has 4 aromatic rings. The fourth-order valence-corrected chi connectivity index (χ4v) is 3.51. The highest BCUT2D eigenvalue weighted by Crippen LogP contribution is 2.28. The van der Waals surface area contributed by atoms with Crippen LogP contribution < -0.4 is 5.32 Å². The van der Waals surface area contributed by atoms with E-state index in [4.69, 9.17) is 0 Å². The van der Waals surface area contributed by atoms with Gasteiger partial charge in [0.15, 0.2) is 5.82 Å². The van der Waals surface area contributed by atoms with E-state index in [-0.39, 0.29) is 11.5 Å². The third-order valence-electron chi connectivity index (χ3n) is 3.79. The fraction of sp³-hybridized carbons (Fsp3) is 0.0588. The second-order valence-electron chi connectivity index (χ2n) is 5.52.